The van der Waals surface area contributed by atoms with Crippen LogP contribution >= 0.6 is 0 Å². The highest BCUT2D eigenvalue weighted by Crippen LogP contribution is 2.49. The Hall–Kier alpha value is -6.06. The number of para-hydroxylation sites is 6. The number of rotatable bonds is 4. The molecule has 0 aliphatic heterocycles. The SMILES string of the molecule is C=CC1(c2cccc3c2[nH]c2ccccc23)C=C(c2cccc3c2[nH]c2ccccc23)C=C(c2cccc3c2[nH]c2ccccc23)C1. The molecule has 0 fully saturated rings. The van der Waals surface area contributed by atoms with Crippen LogP contribution in [0.5, 0.6) is 0 Å². The molecular weight excluding hydrogens is 571 g/mol. The van der Waals surface area contributed by atoms with E-state index < -0.39 is 5.41 Å². The lowest BCUT2D eigenvalue weighted by molar-refractivity contribution is 0.696. The van der Waals surface area contributed by atoms with Gasteiger partial charge in [-0.05, 0) is 41.3 Å². The number of fused-ring (bicyclic) bond motifs is 9. The quantitative estimate of drug-likeness (QED) is 0.168. The maximum absolute atomic E-state index is 4.54. The zero-order chi connectivity index (χ0) is 31.1. The summed E-state index contributed by atoms with van der Waals surface area (Å²) < 4.78 is 0. The van der Waals surface area contributed by atoms with Crippen LogP contribution in [0.3, 0.4) is 0 Å². The topological polar surface area (TPSA) is 47.4 Å². The summed E-state index contributed by atoms with van der Waals surface area (Å²) in [6.45, 7) is 4.54. The Morgan fingerprint density at radius 3 is 1.55 bits per heavy atom. The fourth-order valence-corrected chi connectivity index (χ4v) is 8.18. The zero-order valence-electron chi connectivity index (χ0n) is 25.8. The summed E-state index contributed by atoms with van der Waals surface area (Å²) >= 11 is 0. The Labute approximate surface area is 271 Å². The Morgan fingerprint density at radius 2 is 0.957 bits per heavy atom. The van der Waals surface area contributed by atoms with Gasteiger partial charge in [0.2, 0.25) is 0 Å². The molecule has 47 heavy (non-hydrogen) atoms. The van der Waals surface area contributed by atoms with E-state index in [9.17, 15) is 0 Å². The van der Waals surface area contributed by atoms with Gasteiger partial charge >= 0.3 is 0 Å². The molecule has 0 spiro atoms. The number of hydrogen-bond donors (Lipinski definition) is 3. The van der Waals surface area contributed by atoms with Gasteiger partial charge in [-0.25, -0.2) is 0 Å². The molecule has 222 valence electrons. The second-order valence-corrected chi connectivity index (χ2v) is 12.9. The largest absolute Gasteiger partial charge is 0.354 e. The lowest BCUT2D eigenvalue weighted by atomic mass is 9.69. The van der Waals surface area contributed by atoms with Crippen molar-refractivity contribution >= 4 is 76.6 Å². The van der Waals surface area contributed by atoms with Crippen LogP contribution < -0.4 is 0 Å². The number of aromatic amines is 3. The average molecular weight is 602 g/mol. The Kier molecular flexibility index (Phi) is 5.41. The Balaban J connectivity index is 1.28. The second-order valence-electron chi connectivity index (χ2n) is 12.9. The van der Waals surface area contributed by atoms with Crippen molar-refractivity contribution in [1.82, 2.24) is 15.0 Å². The maximum Gasteiger partial charge on any atom is 0.0544 e. The van der Waals surface area contributed by atoms with E-state index in [-0.39, 0.29) is 0 Å². The summed E-state index contributed by atoms with van der Waals surface area (Å²) in [7, 11) is 0. The first-order valence-corrected chi connectivity index (χ1v) is 16.3. The first-order chi connectivity index (χ1) is 23.2. The summed E-state index contributed by atoms with van der Waals surface area (Å²) in [4.78, 5) is 11.3. The predicted molar refractivity (Wildman–Crippen MR) is 200 cm³/mol. The van der Waals surface area contributed by atoms with E-state index in [4.69, 9.17) is 0 Å². The standard InChI is InChI=1S/C44H31N3/c1-2-44(37-20-11-19-36-33-14-5-8-23-40(33)47-43(36)37)25-27(29-15-9-17-34-31-12-3-6-21-38(31)45-41(29)34)24-28(26-44)30-16-10-18-35-32-13-4-7-22-39(32)46-42(30)35/h2-25,45-47H,1,26H2. The molecule has 0 amide bonds. The van der Waals surface area contributed by atoms with Crippen LogP contribution in [0.4, 0.5) is 0 Å². The summed E-state index contributed by atoms with van der Waals surface area (Å²) in [6, 6.07) is 45.8. The summed E-state index contributed by atoms with van der Waals surface area (Å²) in [5, 5.41) is 7.45. The van der Waals surface area contributed by atoms with E-state index in [0.29, 0.717) is 0 Å². The zero-order valence-corrected chi connectivity index (χ0v) is 25.8. The second kappa shape index (κ2) is 9.72. The van der Waals surface area contributed by atoms with Crippen LogP contribution in [0.1, 0.15) is 23.1 Å². The lowest BCUT2D eigenvalue weighted by Crippen LogP contribution is -2.24. The van der Waals surface area contributed by atoms with Crippen LogP contribution in [-0.4, -0.2) is 15.0 Å². The molecule has 1 aliphatic rings. The minimum Gasteiger partial charge on any atom is -0.354 e. The van der Waals surface area contributed by atoms with Crippen LogP contribution in [0.15, 0.2) is 152 Å². The number of hydrogen-bond acceptors (Lipinski definition) is 0. The molecule has 0 saturated carbocycles. The number of allylic oxidation sites excluding steroid dienone is 5. The number of benzene rings is 6. The predicted octanol–water partition coefficient (Wildman–Crippen LogP) is 11.6. The normalized spacial score (nSPS) is 16.9. The molecule has 0 radical (unpaired) electrons. The summed E-state index contributed by atoms with van der Waals surface area (Å²) in [6.07, 6.45) is 7.81. The molecule has 1 atom stereocenters. The van der Waals surface area contributed by atoms with E-state index in [2.05, 4.69) is 167 Å². The third-order valence-corrected chi connectivity index (χ3v) is 10.4. The minimum atomic E-state index is -0.470. The first-order valence-electron chi connectivity index (χ1n) is 16.3. The van der Waals surface area contributed by atoms with Crippen molar-refractivity contribution < 1.29 is 0 Å². The molecule has 1 aliphatic carbocycles. The van der Waals surface area contributed by atoms with Crippen LogP contribution in [0.2, 0.25) is 0 Å². The lowest BCUT2D eigenvalue weighted by Gasteiger charge is -2.34. The van der Waals surface area contributed by atoms with Gasteiger partial charge in [-0.2, -0.15) is 0 Å². The number of H-pyrrole nitrogens is 3. The Morgan fingerprint density at radius 1 is 0.489 bits per heavy atom. The number of aromatic nitrogens is 3. The molecule has 9 aromatic rings. The highest BCUT2D eigenvalue weighted by Gasteiger charge is 2.35. The molecule has 3 aromatic heterocycles. The van der Waals surface area contributed by atoms with E-state index in [1.54, 1.807) is 0 Å². The number of nitrogens with one attached hydrogen (secondary N) is 3. The van der Waals surface area contributed by atoms with Gasteiger partial charge in [0.1, 0.15) is 0 Å². The highest BCUT2D eigenvalue weighted by atomic mass is 14.7. The molecule has 0 bridgehead atoms. The Bertz CT molecular complexity index is 2800. The van der Waals surface area contributed by atoms with Crippen LogP contribution in [0.25, 0.3) is 76.6 Å². The van der Waals surface area contributed by atoms with E-state index in [0.717, 1.165) is 34.0 Å². The third kappa shape index (κ3) is 3.74. The molecular formula is C44H31N3. The smallest absolute Gasteiger partial charge is 0.0544 e. The maximum atomic E-state index is 4.54. The average Bonchev–Trinajstić information content (AvgIpc) is 3.82. The fraction of sp³-hybridized carbons (Fsp3) is 0.0455. The van der Waals surface area contributed by atoms with Gasteiger partial charge in [0.05, 0.1) is 16.6 Å². The van der Waals surface area contributed by atoms with Crippen molar-refractivity contribution in [2.24, 2.45) is 0 Å². The first kappa shape index (κ1) is 26.2. The molecule has 6 aromatic carbocycles. The van der Waals surface area contributed by atoms with Crippen molar-refractivity contribution in [2.75, 3.05) is 0 Å². The van der Waals surface area contributed by atoms with Gasteiger partial charge in [-0.15, -0.1) is 6.58 Å². The van der Waals surface area contributed by atoms with Gasteiger partial charge in [0.25, 0.3) is 0 Å². The minimum absolute atomic E-state index is 0.470. The molecule has 3 heteroatoms. The van der Waals surface area contributed by atoms with Crippen molar-refractivity contribution in [3.63, 3.8) is 0 Å². The molecule has 3 heterocycles. The van der Waals surface area contributed by atoms with E-state index in [1.165, 1.54) is 65.7 Å². The van der Waals surface area contributed by atoms with E-state index >= 15 is 0 Å². The molecule has 0 saturated heterocycles. The van der Waals surface area contributed by atoms with Gasteiger partial charge in [-0.3, -0.25) is 0 Å². The molecule has 3 N–H and O–H groups in total. The van der Waals surface area contributed by atoms with Crippen molar-refractivity contribution in [2.45, 2.75) is 11.8 Å². The van der Waals surface area contributed by atoms with E-state index in [1.807, 2.05) is 0 Å². The van der Waals surface area contributed by atoms with Crippen molar-refractivity contribution in [1.29, 1.82) is 0 Å². The van der Waals surface area contributed by atoms with Gasteiger partial charge in [0, 0.05) is 65.4 Å². The van der Waals surface area contributed by atoms with Crippen LogP contribution in [-0.2, 0) is 5.41 Å². The molecule has 10 rings (SSSR count). The fourth-order valence-electron chi connectivity index (χ4n) is 8.18. The molecule has 1 unspecified atom stereocenters. The van der Waals surface area contributed by atoms with Crippen LogP contribution in [0, 0.1) is 0 Å². The monoisotopic (exact) mass is 601 g/mol. The molecule has 3 nitrogen and oxygen atoms in total. The van der Waals surface area contributed by atoms with Gasteiger partial charge in [-0.1, -0.05) is 127 Å². The summed E-state index contributed by atoms with van der Waals surface area (Å²) in [5.74, 6) is 0. The third-order valence-electron chi connectivity index (χ3n) is 10.4. The highest BCUT2D eigenvalue weighted by molar-refractivity contribution is 6.14. The van der Waals surface area contributed by atoms with Gasteiger partial charge < -0.3 is 15.0 Å². The van der Waals surface area contributed by atoms with Gasteiger partial charge in [0.15, 0.2) is 0 Å². The van der Waals surface area contributed by atoms with Crippen molar-refractivity contribution in [3.8, 4) is 0 Å². The van der Waals surface area contributed by atoms with Crippen molar-refractivity contribution in [3.05, 3.63) is 169 Å². The summed E-state index contributed by atoms with van der Waals surface area (Å²) in [5.41, 5.74) is 12.6.